The first kappa shape index (κ1) is 11.7. The molecule has 3 nitrogen and oxygen atoms in total. The Balaban J connectivity index is 2.72. The van der Waals surface area contributed by atoms with Crippen molar-refractivity contribution in [3.05, 3.63) is 35.9 Å². The topological polar surface area (TPSA) is 46.5 Å². The first-order valence-corrected chi connectivity index (χ1v) is 5.00. The number of aliphatic hydroxyl groups is 1. The molecule has 0 amide bonds. The Kier molecular flexibility index (Phi) is 3.86. The van der Waals surface area contributed by atoms with Crippen LogP contribution in [0.1, 0.15) is 30.6 Å². The average Bonchev–Trinajstić information content (AvgIpc) is 2.30. The van der Waals surface area contributed by atoms with Gasteiger partial charge in [0, 0.05) is 0 Å². The van der Waals surface area contributed by atoms with Gasteiger partial charge >= 0.3 is 5.97 Å². The number of aliphatic hydroxyl groups excluding tert-OH is 1. The van der Waals surface area contributed by atoms with Crippen LogP contribution in [0.25, 0.3) is 0 Å². The van der Waals surface area contributed by atoms with Gasteiger partial charge in [-0.05, 0) is 25.5 Å². The van der Waals surface area contributed by atoms with Crippen LogP contribution < -0.4 is 0 Å². The van der Waals surface area contributed by atoms with Gasteiger partial charge < -0.3 is 9.84 Å². The third kappa shape index (κ3) is 3.06. The SMILES string of the molecule is CCC(C)(CO)OC(=O)c1ccccc1. The van der Waals surface area contributed by atoms with Crippen LogP contribution in [-0.4, -0.2) is 23.3 Å². The molecule has 0 radical (unpaired) electrons. The van der Waals surface area contributed by atoms with Crippen molar-refractivity contribution < 1.29 is 14.6 Å². The lowest BCUT2D eigenvalue weighted by atomic mass is 10.1. The molecular weight excluding hydrogens is 192 g/mol. The quantitative estimate of drug-likeness (QED) is 0.770. The zero-order valence-corrected chi connectivity index (χ0v) is 9.06. The van der Waals surface area contributed by atoms with Crippen LogP contribution in [0.4, 0.5) is 0 Å². The lowest BCUT2D eigenvalue weighted by Gasteiger charge is -2.25. The Morgan fingerprint density at radius 1 is 1.40 bits per heavy atom. The van der Waals surface area contributed by atoms with Crippen LogP contribution in [0.5, 0.6) is 0 Å². The van der Waals surface area contributed by atoms with E-state index in [9.17, 15) is 4.79 Å². The maximum absolute atomic E-state index is 11.6. The van der Waals surface area contributed by atoms with E-state index >= 15 is 0 Å². The first-order valence-electron chi connectivity index (χ1n) is 5.00. The molecule has 1 aromatic carbocycles. The molecule has 0 aromatic heterocycles. The number of benzene rings is 1. The highest BCUT2D eigenvalue weighted by Gasteiger charge is 2.26. The fourth-order valence-electron chi connectivity index (χ4n) is 1.07. The van der Waals surface area contributed by atoms with E-state index in [0.717, 1.165) is 0 Å². The number of rotatable bonds is 4. The number of hydrogen-bond acceptors (Lipinski definition) is 3. The fraction of sp³-hybridized carbons (Fsp3) is 0.417. The minimum atomic E-state index is -0.785. The smallest absolute Gasteiger partial charge is 0.338 e. The average molecular weight is 208 g/mol. The van der Waals surface area contributed by atoms with E-state index in [1.807, 2.05) is 13.0 Å². The maximum Gasteiger partial charge on any atom is 0.338 e. The van der Waals surface area contributed by atoms with E-state index in [-0.39, 0.29) is 6.61 Å². The summed E-state index contributed by atoms with van der Waals surface area (Å²) >= 11 is 0. The molecule has 0 aliphatic heterocycles. The Bertz CT molecular complexity index is 315. The third-order valence-corrected chi connectivity index (χ3v) is 2.43. The molecule has 1 unspecified atom stereocenters. The highest BCUT2D eigenvalue weighted by molar-refractivity contribution is 5.89. The summed E-state index contributed by atoms with van der Waals surface area (Å²) in [5, 5.41) is 9.10. The van der Waals surface area contributed by atoms with Crippen molar-refractivity contribution in [2.24, 2.45) is 0 Å². The normalized spacial score (nSPS) is 14.3. The number of esters is 1. The highest BCUT2D eigenvalue weighted by atomic mass is 16.6. The summed E-state index contributed by atoms with van der Waals surface area (Å²) in [5.41, 5.74) is -0.280. The number of ether oxygens (including phenoxy) is 1. The van der Waals surface area contributed by atoms with Gasteiger partial charge in [0.1, 0.15) is 5.60 Å². The van der Waals surface area contributed by atoms with Crippen molar-refractivity contribution in [3.8, 4) is 0 Å². The van der Waals surface area contributed by atoms with Crippen LogP contribution in [0.2, 0.25) is 0 Å². The van der Waals surface area contributed by atoms with E-state index in [1.54, 1.807) is 31.2 Å². The van der Waals surface area contributed by atoms with E-state index < -0.39 is 11.6 Å². The van der Waals surface area contributed by atoms with Crippen LogP contribution in [-0.2, 0) is 4.74 Å². The van der Waals surface area contributed by atoms with Gasteiger partial charge in [0.05, 0.1) is 12.2 Å². The molecule has 1 N–H and O–H groups in total. The number of carbonyl (C=O) groups excluding carboxylic acids is 1. The van der Waals surface area contributed by atoms with Crippen molar-refractivity contribution in [1.29, 1.82) is 0 Å². The first-order chi connectivity index (χ1) is 7.11. The number of carbonyl (C=O) groups is 1. The molecule has 0 aliphatic rings. The summed E-state index contributed by atoms with van der Waals surface area (Å²) in [5.74, 6) is -0.394. The standard InChI is InChI=1S/C12H16O3/c1-3-12(2,9-13)15-11(14)10-7-5-4-6-8-10/h4-8,13H,3,9H2,1-2H3. The van der Waals surface area contributed by atoms with Gasteiger partial charge in [-0.2, -0.15) is 0 Å². The minimum absolute atomic E-state index is 0.165. The number of hydrogen-bond donors (Lipinski definition) is 1. The van der Waals surface area contributed by atoms with Gasteiger partial charge in [-0.3, -0.25) is 0 Å². The molecule has 1 atom stereocenters. The van der Waals surface area contributed by atoms with E-state index in [4.69, 9.17) is 9.84 Å². The van der Waals surface area contributed by atoms with E-state index in [2.05, 4.69) is 0 Å². The molecule has 0 saturated carbocycles. The van der Waals surface area contributed by atoms with Crippen molar-refractivity contribution in [2.75, 3.05) is 6.61 Å². The fourth-order valence-corrected chi connectivity index (χ4v) is 1.07. The lowest BCUT2D eigenvalue weighted by molar-refractivity contribution is -0.0385. The van der Waals surface area contributed by atoms with Gasteiger partial charge in [-0.1, -0.05) is 25.1 Å². The Hall–Kier alpha value is -1.35. The molecule has 0 bridgehead atoms. The molecule has 0 heterocycles. The van der Waals surface area contributed by atoms with Crippen molar-refractivity contribution in [2.45, 2.75) is 25.9 Å². The van der Waals surface area contributed by atoms with Crippen LogP contribution in [0.15, 0.2) is 30.3 Å². The predicted molar refractivity (Wildman–Crippen MR) is 57.6 cm³/mol. The van der Waals surface area contributed by atoms with Crippen molar-refractivity contribution >= 4 is 5.97 Å². The zero-order chi connectivity index (χ0) is 11.3. The lowest BCUT2D eigenvalue weighted by Crippen LogP contribution is -2.34. The third-order valence-electron chi connectivity index (χ3n) is 2.43. The van der Waals surface area contributed by atoms with Gasteiger partial charge in [-0.25, -0.2) is 4.79 Å². The summed E-state index contributed by atoms with van der Waals surface area (Å²) in [6.45, 7) is 3.42. The molecule has 0 aliphatic carbocycles. The van der Waals surface area contributed by atoms with Crippen LogP contribution >= 0.6 is 0 Å². The minimum Gasteiger partial charge on any atom is -0.453 e. The maximum atomic E-state index is 11.6. The largest absolute Gasteiger partial charge is 0.453 e. The van der Waals surface area contributed by atoms with Gasteiger partial charge in [-0.15, -0.1) is 0 Å². The van der Waals surface area contributed by atoms with Crippen LogP contribution in [0.3, 0.4) is 0 Å². The molecule has 15 heavy (non-hydrogen) atoms. The van der Waals surface area contributed by atoms with Crippen molar-refractivity contribution in [3.63, 3.8) is 0 Å². The molecule has 0 fully saturated rings. The highest BCUT2D eigenvalue weighted by Crippen LogP contribution is 2.16. The van der Waals surface area contributed by atoms with Crippen molar-refractivity contribution in [1.82, 2.24) is 0 Å². The molecule has 0 saturated heterocycles. The summed E-state index contributed by atoms with van der Waals surface area (Å²) in [6, 6.07) is 8.77. The Labute approximate surface area is 89.7 Å². The summed E-state index contributed by atoms with van der Waals surface area (Å²) < 4.78 is 5.23. The molecule has 3 heteroatoms. The van der Waals surface area contributed by atoms with E-state index in [0.29, 0.717) is 12.0 Å². The second-order valence-corrected chi connectivity index (χ2v) is 3.72. The predicted octanol–water partition coefficient (Wildman–Crippen LogP) is 2.00. The summed E-state index contributed by atoms with van der Waals surface area (Å²) in [6.07, 6.45) is 0.585. The Morgan fingerprint density at radius 2 is 2.00 bits per heavy atom. The van der Waals surface area contributed by atoms with Crippen LogP contribution in [0, 0.1) is 0 Å². The summed E-state index contributed by atoms with van der Waals surface area (Å²) in [7, 11) is 0. The van der Waals surface area contributed by atoms with Gasteiger partial charge in [0.15, 0.2) is 0 Å². The molecular formula is C12H16O3. The Morgan fingerprint density at radius 3 is 2.47 bits per heavy atom. The molecule has 1 aromatic rings. The molecule has 82 valence electrons. The van der Waals surface area contributed by atoms with Gasteiger partial charge in [0.25, 0.3) is 0 Å². The zero-order valence-electron chi connectivity index (χ0n) is 9.06. The van der Waals surface area contributed by atoms with Gasteiger partial charge in [0.2, 0.25) is 0 Å². The second kappa shape index (κ2) is 4.94. The molecule has 0 spiro atoms. The van der Waals surface area contributed by atoms with E-state index in [1.165, 1.54) is 0 Å². The second-order valence-electron chi connectivity index (χ2n) is 3.72. The summed E-state index contributed by atoms with van der Waals surface area (Å²) in [4.78, 5) is 11.6. The monoisotopic (exact) mass is 208 g/mol. The molecule has 1 rings (SSSR count).